The predicted molar refractivity (Wildman–Crippen MR) is 80.0 cm³/mol. The molecule has 0 saturated heterocycles. The zero-order chi connectivity index (χ0) is 18.1. The fourth-order valence-corrected chi connectivity index (χ4v) is 3.22. The van der Waals surface area contributed by atoms with E-state index in [9.17, 15) is 26.4 Å². The fourth-order valence-electron chi connectivity index (χ4n) is 1.75. The Morgan fingerprint density at radius 2 is 1.79 bits per heavy atom. The highest BCUT2D eigenvalue weighted by Crippen LogP contribution is 2.35. The molecular weight excluding hydrogens is 392 g/mol. The lowest BCUT2D eigenvalue weighted by Gasteiger charge is -2.10. The summed E-state index contributed by atoms with van der Waals surface area (Å²) in [5, 5.41) is -0.574. The first-order chi connectivity index (χ1) is 11.1. The van der Waals surface area contributed by atoms with Gasteiger partial charge >= 0.3 is 6.18 Å². The molecule has 2 rings (SSSR count). The first kappa shape index (κ1) is 18.4. The molecule has 0 atom stereocenters. The van der Waals surface area contributed by atoms with Gasteiger partial charge in [0, 0.05) is 11.8 Å². The molecule has 0 N–H and O–H groups in total. The normalized spacial score (nSPS) is 11.9. The second kappa shape index (κ2) is 6.52. The van der Waals surface area contributed by atoms with Crippen LogP contribution >= 0.6 is 23.2 Å². The Kier molecular flexibility index (Phi) is 5.00. The maximum Gasteiger partial charge on any atom is 0.417 e. The minimum Gasteiger partial charge on any atom is -0.254 e. The molecule has 0 unspecified atom stereocenters. The molecule has 0 bridgehead atoms. The van der Waals surface area contributed by atoms with Crippen LogP contribution in [0.25, 0.3) is 11.3 Å². The van der Waals surface area contributed by atoms with E-state index in [1.807, 2.05) is 0 Å². The summed E-state index contributed by atoms with van der Waals surface area (Å²) in [6, 6.07) is 4.14. The van der Waals surface area contributed by atoms with Gasteiger partial charge in [0.1, 0.15) is 4.90 Å². The van der Waals surface area contributed by atoms with Crippen LogP contribution in [-0.4, -0.2) is 19.5 Å². The molecule has 0 aliphatic rings. The topological polar surface area (TPSA) is 76.5 Å². The Bertz CT molecular complexity index is 955. The molecule has 11 heteroatoms. The quantitative estimate of drug-likeness (QED) is 0.577. The number of halogens is 5. The number of hydrogen-bond acceptors (Lipinski definition) is 4. The lowest BCUT2D eigenvalue weighted by atomic mass is 10.1. The van der Waals surface area contributed by atoms with Gasteiger partial charge in [-0.2, -0.15) is 21.6 Å². The van der Waals surface area contributed by atoms with Gasteiger partial charge in [0.25, 0.3) is 16.1 Å². The molecule has 1 heterocycles. The van der Waals surface area contributed by atoms with Crippen molar-refractivity contribution in [1.82, 2.24) is 4.98 Å². The SMILES string of the molecule is O=C=NS(=O)(=O)c1cc(-c2ncc(C(F)(F)F)cc2Cl)ccc1Cl. The third-order valence-corrected chi connectivity index (χ3v) is 4.75. The molecule has 1 aromatic heterocycles. The van der Waals surface area contributed by atoms with Gasteiger partial charge in [-0.3, -0.25) is 4.98 Å². The van der Waals surface area contributed by atoms with Crippen LogP contribution in [-0.2, 0) is 21.0 Å². The summed E-state index contributed by atoms with van der Waals surface area (Å²) >= 11 is 11.6. The summed E-state index contributed by atoms with van der Waals surface area (Å²) in [4.78, 5) is 13.3. The smallest absolute Gasteiger partial charge is 0.254 e. The van der Waals surface area contributed by atoms with Gasteiger partial charge in [0.2, 0.25) is 0 Å². The number of alkyl halides is 3. The summed E-state index contributed by atoms with van der Waals surface area (Å²) in [6.45, 7) is 0. The van der Waals surface area contributed by atoms with Gasteiger partial charge in [-0.05, 0) is 18.2 Å². The Labute approximate surface area is 143 Å². The molecule has 0 spiro atoms. The van der Waals surface area contributed by atoms with Crippen molar-refractivity contribution in [3.63, 3.8) is 0 Å². The molecule has 24 heavy (non-hydrogen) atoms. The molecule has 0 radical (unpaired) electrons. The third-order valence-electron chi connectivity index (χ3n) is 2.81. The molecule has 5 nitrogen and oxygen atoms in total. The molecule has 0 saturated carbocycles. The van der Waals surface area contributed by atoms with Crippen molar-refractivity contribution >= 4 is 39.3 Å². The van der Waals surface area contributed by atoms with Crippen molar-refractivity contribution in [2.75, 3.05) is 0 Å². The Morgan fingerprint density at radius 1 is 1.12 bits per heavy atom. The lowest BCUT2D eigenvalue weighted by Crippen LogP contribution is -2.06. The number of sulfonamides is 1. The van der Waals surface area contributed by atoms with Gasteiger partial charge in [-0.25, -0.2) is 4.79 Å². The van der Waals surface area contributed by atoms with Gasteiger partial charge < -0.3 is 0 Å². The van der Waals surface area contributed by atoms with E-state index in [0.29, 0.717) is 12.3 Å². The number of carbonyl (C=O) groups excluding carboxylic acids is 1. The highest BCUT2D eigenvalue weighted by atomic mass is 35.5. The largest absolute Gasteiger partial charge is 0.417 e. The maximum absolute atomic E-state index is 12.6. The van der Waals surface area contributed by atoms with Crippen molar-refractivity contribution < 1.29 is 26.4 Å². The van der Waals surface area contributed by atoms with Gasteiger partial charge in [0.05, 0.1) is 21.3 Å². The summed E-state index contributed by atoms with van der Waals surface area (Å²) in [6.07, 6.45) is -3.17. The monoisotopic (exact) mass is 396 g/mol. The standard InChI is InChI=1S/C13H5Cl2F3N2O3S/c14-9-2-1-7(3-11(9)24(22,23)20-6-21)12-10(15)4-8(5-19-12)13(16,17)18/h1-5H. The average Bonchev–Trinajstić information content (AvgIpc) is 2.46. The summed E-state index contributed by atoms with van der Waals surface area (Å²) in [5.41, 5.74) is -1.06. The molecule has 0 aliphatic carbocycles. The van der Waals surface area contributed by atoms with E-state index in [0.717, 1.165) is 12.1 Å². The van der Waals surface area contributed by atoms with Crippen LogP contribution in [0.5, 0.6) is 0 Å². The zero-order valence-electron chi connectivity index (χ0n) is 11.3. The molecule has 0 fully saturated rings. The number of rotatable bonds is 3. The molecule has 0 aliphatic heterocycles. The van der Waals surface area contributed by atoms with Crippen molar-refractivity contribution in [3.05, 3.63) is 46.1 Å². The molecular formula is C13H5Cl2F3N2O3S. The lowest BCUT2D eigenvalue weighted by molar-refractivity contribution is -0.137. The third kappa shape index (κ3) is 3.76. The number of benzene rings is 1. The average molecular weight is 397 g/mol. The van der Waals surface area contributed by atoms with Crippen molar-refractivity contribution in [3.8, 4) is 11.3 Å². The Hall–Kier alpha value is -1.93. The van der Waals surface area contributed by atoms with Crippen molar-refractivity contribution in [2.45, 2.75) is 11.1 Å². The van der Waals surface area contributed by atoms with E-state index in [1.165, 1.54) is 12.1 Å². The Balaban J connectivity index is 2.61. The minimum atomic E-state index is -4.62. The first-order valence-corrected chi connectivity index (χ1v) is 8.12. The highest BCUT2D eigenvalue weighted by Gasteiger charge is 2.31. The van der Waals surface area contributed by atoms with Crippen LogP contribution in [0, 0.1) is 0 Å². The van der Waals surface area contributed by atoms with Crippen LogP contribution in [0.1, 0.15) is 5.56 Å². The van der Waals surface area contributed by atoms with Crippen LogP contribution in [0.3, 0.4) is 0 Å². The maximum atomic E-state index is 12.6. The van der Waals surface area contributed by atoms with Gasteiger partial charge in [-0.15, -0.1) is 0 Å². The van der Waals surface area contributed by atoms with Crippen LogP contribution < -0.4 is 0 Å². The van der Waals surface area contributed by atoms with Crippen LogP contribution in [0.15, 0.2) is 39.8 Å². The van der Waals surface area contributed by atoms with Crippen molar-refractivity contribution in [1.29, 1.82) is 0 Å². The van der Waals surface area contributed by atoms with E-state index in [4.69, 9.17) is 23.2 Å². The zero-order valence-corrected chi connectivity index (χ0v) is 13.6. The number of pyridine rings is 1. The number of isocyanates is 1. The number of aromatic nitrogens is 1. The van der Waals surface area contributed by atoms with Crippen molar-refractivity contribution in [2.24, 2.45) is 4.40 Å². The summed E-state index contributed by atoms with van der Waals surface area (Å²) in [5.74, 6) is 0. The summed E-state index contributed by atoms with van der Waals surface area (Å²) in [7, 11) is -4.40. The number of nitrogens with zero attached hydrogens (tertiary/aromatic N) is 2. The predicted octanol–water partition coefficient (Wildman–Crippen LogP) is 4.10. The van der Waals surface area contributed by atoms with Gasteiger partial charge in [0.15, 0.2) is 0 Å². The highest BCUT2D eigenvalue weighted by molar-refractivity contribution is 7.90. The first-order valence-electron chi connectivity index (χ1n) is 5.93. The van der Waals surface area contributed by atoms with E-state index < -0.39 is 26.7 Å². The Morgan fingerprint density at radius 3 is 2.33 bits per heavy atom. The van der Waals surface area contributed by atoms with E-state index in [1.54, 1.807) is 0 Å². The van der Waals surface area contributed by atoms with E-state index in [2.05, 4.69) is 9.38 Å². The summed E-state index contributed by atoms with van der Waals surface area (Å²) < 4.78 is 64.1. The fraction of sp³-hybridized carbons (Fsp3) is 0.0769. The molecule has 1 aromatic carbocycles. The minimum absolute atomic E-state index is 0.0813. The second-order valence-electron chi connectivity index (χ2n) is 4.36. The van der Waals surface area contributed by atoms with Crippen LogP contribution in [0.4, 0.5) is 13.2 Å². The molecule has 2 aromatic rings. The molecule has 0 amide bonds. The number of hydrogen-bond donors (Lipinski definition) is 0. The molecule has 126 valence electrons. The van der Waals surface area contributed by atoms with E-state index in [-0.39, 0.29) is 21.3 Å². The van der Waals surface area contributed by atoms with E-state index >= 15 is 0 Å². The van der Waals surface area contributed by atoms with Gasteiger partial charge in [-0.1, -0.05) is 33.7 Å². The van der Waals surface area contributed by atoms with Crippen LogP contribution in [0.2, 0.25) is 10.0 Å². The second-order valence-corrected chi connectivity index (χ2v) is 6.74.